The molecule has 3 N–H and O–H groups in total. The van der Waals surface area contributed by atoms with E-state index in [9.17, 15) is 4.79 Å². The van der Waals surface area contributed by atoms with Crippen LogP contribution in [0.15, 0.2) is 9.98 Å². The molecule has 2 rings (SSSR count). The third-order valence-electron chi connectivity index (χ3n) is 2.61. The van der Waals surface area contributed by atoms with Crippen LogP contribution in [-0.4, -0.2) is 35.0 Å². The van der Waals surface area contributed by atoms with Gasteiger partial charge in [0.15, 0.2) is 0 Å². The second kappa shape index (κ2) is 5.90. The van der Waals surface area contributed by atoms with Gasteiger partial charge in [-0.2, -0.15) is 0 Å². The number of hydrogen-bond donors (Lipinski definition) is 2. The second-order valence-corrected chi connectivity index (χ2v) is 5.73. The third kappa shape index (κ3) is 3.48. The Hall–Kier alpha value is -0.500. The van der Waals surface area contributed by atoms with Crippen molar-refractivity contribution >= 4 is 33.2 Å². The Balaban J connectivity index is 1.90. The molecule has 1 fully saturated rings. The highest BCUT2D eigenvalue weighted by molar-refractivity contribution is 9.10. The van der Waals surface area contributed by atoms with Gasteiger partial charge in [0.05, 0.1) is 11.0 Å². The van der Waals surface area contributed by atoms with Gasteiger partial charge in [-0.25, -0.2) is 10.4 Å². The fraction of sp³-hybridized carbons (Fsp3) is 0.600. The van der Waals surface area contributed by atoms with E-state index >= 15 is 0 Å². The van der Waals surface area contributed by atoms with E-state index < -0.39 is 6.04 Å². The number of nitrogens with one attached hydrogen (secondary N) is 1. The van der Waals surface area contributed by atoms with Crippen LogP contribution in [0.4, 0.5) is 0 Å². The summed E-state index contributed by atoms with van der Waals surface area (Å²) in [7, 11) is 0. The van der Waals surface area contributed by atoms with Crippen LogP contribution in [0.2, 0.25) is 0 Å². The van der Waals surface area contributed by atoms with Crippen LogP contribution in [0.1, 0.15) is 17.8 Å². The summed E-state index contributed by atoms with van der Waals surface area (Å²) in [6.07, 6.45) is 2.64. The lowest BCUT2D eigenvalue weighted by molar-refractivity contribution is -0.136. The molecule has 1 unspecified atom stereocenters. The molecule has 0 radical (unpaired) electrons. The average molecular weight is 319 g/mol. The number of nitrogens with zero attached hydrogens (tertiary/aromatic N) is 2. The van der Waals surface area contributed by atoms with Crippen molar-refractivity contribution in [2.45, 2.75) is 25.3 Å². The van der Waals surface area contributed by atoms with Gasteiger partial charge in [-0.3, -0.25) is 9.80 Å². The summed E-state index contributed by atoms with van der Waals surface area (Å²) in [5.41, 5.74) is 8.98. The Morgan fingerprint density at radius 3 is 3.12 bits per heavy atom. The SMILES string of the molecule is NC(Cc1nc(Br)cs1)C(=O)N1CCCCN1. The number of rotatable bonds is 3. The minimum atomic E-state index is -0.515. The number of hydrogen-bond acceptors (Lipinski definition) is 5. The smallest absolute Gasteiger partial charge is 0.253 e. The molecule has 94 valence electrons. The molecule has 1 amide bonds. The third-order valence-corrected chi connectivity index (χ3v) is 4.19. The van der Waals surface area contributed by atoms with E-state index in [0.29, 0.717) is 6.42 Å². The van der Waals surface area contributed by atoms with Gasteiger partial charge in [0.2, 0.25) is 0 Å². The minimum Gasteiger partial charge on any atom is -0.319 e. The van der Waals surface area contributed by atoms with Crippen LogP contribution in [0.5, 0.6) is 0 Å². The van der Waals surface area contributed by atoms with Gasteiger partial charge < -0.3 is 5.73 Å². The fourth-order valence-corrected chi connectivity index (χ4v) is 3.06. The Morgan fingerprint density at radius 2 is 2.53 bits per heavy atom. The molecule has 1 saturated heterocycles. The van der Waals surface area contributed by atoms with Crippen LogP contribution in [0.25, 0.3) is 0 Å². The summed E-state index contributed by atoms with van der Waals surface area (Å²) in [6, 6.07) is -0.515. The van der Waals surface area contributed by atoms with Crippen molar-refractivity contribution in [2.75, 3.05) is 13.1 Å². The Bertz CT molecular complexity index is 391. The zero-order valence-corrected chi connectivity index (χ0v) is 11.8. The predicted molar refractivity (Wildman–Crippen MR) is 70.4 cm³/mol. The van der Waals surface area contributed by atoms with E-state index in [2.05, 4.69) is 26.3 Å². The standard InChI is InChI=1S/C10H15BrN4OS/c11-8-6-17-9(14-8)5-7(12)10(16)15-4-2-1-3-13-15/h6-7,13H,1-5,12H2. The first-order chi connectivity index (χ1) is 8.16. The van der Waals surface area contributed by atoms with E-state index in [-0.39, 0.29) is 5.91 Å². The molecular formula is C10H15BrN4OS. The molecular weight excluding hydrogens is 304 g/mol. The van der Waals surface area contributed by atoms with Crippen molar-refractivity contribution in [3.8, 4) is 0 Å². The second-order valence-electron chi connectivity index (χ2n) is 3.98. The molecule has 1 aromatic heterocycles. The van der Waals surface area contributed by atoms with Crippen LogP contribution in [0, 0.1) is 0 Å². The molecule has 1 atom stereocenters. The number of carbonyl (C=O) groups is 1. The molecule has 0 aliphatic carbocycles. The van der Waals surface area contributed by atoms with Crippen molar-refractivity contribution in [3.05, 3.63) is 15.0 Å². The van der Waals surface area contributed by atoms with Crippen molar-refractivity contribution in [3.63, 3.8) is 0 Å². The van der Waals surface area contributed by atoms with Gasteiger partial charge in [0.25, 0.3) is 5.91 Å². The average Bonchev–Trinajstić information content (AvgIpc) is 2.75. The first kappa shape index (κ1) is 12.9. The van der Waals surface area contributed by atoms with Crippen molar-refractivity contribution < 1.29 is 4.79 Å². The van der Waals surface area contributed by atoms with E-state index in [1.165, 1.54) is 11.3 Å². The zero-order valence-electron chi connectivity index (χ0n) is 9.36. The van der Waals surface area contributed by atoms with E-state index in [1.807, 2.05) is 5.38 Å². The van der Waals surface area contributed by atoms with Crippen molar-refractivity contribution in [2.24, 2.45) is 5.73 Å². The Labute approximate surface area is 112 Å². The summed E-state index contributed by atoms with van der Waals surface area (Å²) < 4.78 is 0.799. The van der Waals surface area contributed by atoms with E-state index in [1.54, 1.807) is 5.01 Å². The first-order valence-corrected chi connectivity index (χ1v) is 7.24. The van der Waals surface area contributed by atoms with Crippen LogP contribution < -0.4 is 11.2 Å². The Morgan fingerprint density at radius 1 is 1.71 bits per heavy atom. The number of hydrazine groups is 1. The highest BCUT2D eigenvalue weighted by Gasteiger charge is 2.23. The zero-order chi connectivity index (χ0) is 12.3. The maximum absolute atomic E-state index is 12.0. The number of thiazole rings is 1. The van der Waals surface area contributed by atoms with Crippen LogP contribution >= 0.6 is 27.3 Å². The van der Waals surface area contributed by atoms with Crippen molar-refractivity contribution in [1.82, 2.24) is 15.4 Å². The largest absolute Gasteiger partial charge is 0.319 e. The summed E-state index contributed by atoms with van der Waals surface area (Å²) in [4.78, 5) is 16.3. The van der Waals surface area contributed by atoms with E-state index in [4.69, 9.17) is 5.73 Å². The van der Waals surface area contributed by atoms with Crippen molar-refractivity contribution in [1.29, 1.82) is 0 Å². The van der Waals surface area contributed by atoms with E-state index in [0.717, 1.165) is 35.5 Å². The molecule has 17 heavy (non-hydrogen) atoms. The van der Waals surface area contributed by atoms with Crippen LogP contribution in [0.3, 0.4) is 0 Å². The number of nitrogens with two attached hydrogens (primary N) is 1. The molecule has 0 spiro atoms. The molecule has 1 aliphatic rings. The normalized spacial score (nSPS) is 18.1. The number of aromatic nitrogens is 1. The first-order valence-electron chi connectivity index (χ1n) is 5.57. The molecule has 5 nitrogen and oxygen atoms in total. The molecule has 0 aromatic carbocycles. The summed E-state index contributed by atoms with van der Waals surface area (Å²) in [5, 5.41) is 4.41. The maximum atomic E-state index is 12.0. The highest BCUT2D eigenvalue weighted by atomic mass is 79.9. The topological polar surface area (TPSA) is 71.2 Å². The Kier molecular flexibility index (Phi) is 4.49. The lowest BCUT2D eigenvalue weighted by Gasteiger charge is -2.29. The van der Waals surface area contributed by atoms with Gasteiger partial charge in [-0.15, -0.1) is 11.3 Å². The quantitative estimate of drug-likeness (QED) is 0.868. The van der Waals surface area contributed by atoms with Gasteiger partial charge in [0.1, 0.15) is 4.60 Å². The van der Waals surface area contributed by atoms with Crippen LogP contribution in [-0.2, 0) is 11.2 Å². The van der Waals surface area contributed by atoms with Gasteiger partial charge in [0, 0.05) is 24.9 Å². The van der Waals surface area contributed by atoms with Gasteiger partial charge in [-0.1, -0.05) is 0 Å². The number of halogens is 1. The summed E-state index contributed by atoms with van der Waals surface area (Å²) in [6.45, 7) is 1.59. The molecule has 0 bridgehead atoms. The monoisotopic (exact) mass is 318 g/mol. The molecule has 1 aromatic rings. The molecule has 0 saturated carbocycles. The summed E-state index contributed by atoms with van der Waals surface area (Å²) in [5.74, 6) is -0.0453. The number of amides is 1. The lowest BCUT2D eigenvalue weighted by Crippen LogP contribution is -2.53. The fourth-order valence-electron chi connectivity index (χ4n) is 1.73. The molecule has 1 aliphatic heterocycles. The molecule has 7 heteroatoms. The highest BCUT2D eigenvalue weighted by Crippen LogP contribution is 2.16. The lowest BCUT2D eigenvalue weighted by atomic mass is 10.2. The minimum absolute atomic E-state index is 0.0453. The van der Waals surface area contributed by atoms with Gasteiger partial charge >= 0.3 is 0 Å². The van der Waals surface area contributed by atoms with Gasteiger partial charge in [-0.05, 0) is 28.8 Å². The maximum Gasteiger partial charge on any atom is 0.253 e. The number of carbonyl (C=O) groups excluding carboxylic acids is 1. The predicted octanol–water partition coefficient (Wildman–Crippen LogP) is 0.902. The summed E-state index contributed by atoms with van der Waals surface area (Å²) >= 11 is 4.80. The molecule has 2 heterocycles.